The minimum Gasteiger partial charge on any atom is -0.485 e. The number of ether oxygens (including phenoxy) is 1. The van der Waals surface area contributed by atoms with Crippen molar-refractivity contribution in [2.45, 2.75) is 6.61 Å². The van der Waals surface area contributed by atoms with Crippen molar-refractivity contribution in [2.75, 3.05) is 5.73 Å². The van der Waals surface area contributed by atoms with Crippen LogP contribution in [-0.4, -0.2) is 15.1 Å². The minimum absolute atomic E-state index is 0.243. The van der Waals surface area contributed by atoms with Gasteiger partial charge >= 0.3 is 0 Å². The number of hydrogen-bond acceptors (Lipinski definition) is 7. The van der Waals surface area contributed by atoms with Gasteiger partial charge in [0.25, 0.3) is 5.89 Å². The molecule has 3 aromatic rings. The van der Waals surface area contributed by atoms with E-state index in [0.717, 1.165) is 5.75 Å². The normalized spacial score (nSPS) is 10.5. The highest BCUT2D eigenvalue weighted by molar-refractivity contribution is 7.13. The Hall–Kier alpha value is -2.41. The molecular weight excluding hydrogens is 264 g/mol. The van der Waals surface area contributed by atoms with Crippen molar-refractivity contribution in [3.05, 3.63) is 41.5 Å². The van der Waals surface area contributed by atoms with Crippen molar-refractivity contribution < 1.29 is 9.26 Å². The Bertz CT molecular complexity index is 665. The lowest BCUT2D eigenvalue weighted by molar-refractivity contribution is 0.287. The van der Waals surface area contributed by atoms with Gasteiger partial charge in [-0.25, -0.2) is 4.98 Å². The first kappa shape index (κ1) is 11.7. The van der Waals surface area contributed by atoms with Gasteiger partial charge in [0.15, 0.2) is 11.7 Å². The van der Waals surface area contributed by atoms with Crippen LogP contribution in [0.1, 0.15) is 5.82 Å². The molecule has 3 rings (SSSR count). The third-order valence-electron chi connectivity index (χ3n) is 2.32. The van der Waals surface area contributed by atoms with Gasteiger partial charge in [0.05, 0.1) is 0 Å². The Morgan fingerprint density at radius 3 is 2.79 bits per heavy atom. The van der Waals surface area contributed by atoms with E-state index in [1.807, 2.05) is 30.3 Å². The van der Waals surface area contributed by atoms with Gasteiger partial charge in [-0.15, -0.1) is 11.3 Å². The molecule has 19 heavy (non-hydrogen) atoms. The summed E-state index contributed by atoms with van der Waals surface area (Å²) in [5.74, 6) is 1.57. The van der Waals surface area contributed by atoms with Crippen molar-refractivity contribution in [3.8, 4) is 17.3 Å². The highest BCUT2D eigenvalue weighted by atomic mass is 32.1. The number of nitrogens with two attached hydrogens (primary N) is 1. The monoisotopic (exact) mass is 274 g/mol. The summed E-state index contributed by atoms with van der Waals surface area (Å²) in [5.41, 5.74) is 6.13. The van der Waals surface area contributed by atoms with E-state index in [1.54, 1.807) is 5.38 Å². The molecule has 0 saturated heterocycles. The lowest BCUT2D eigenvalue weighted by Crippen LogP contribution is -1.97. The van der Waals surface area contributed by atoms with Crippen LogP contribution in [0.3, 0.4) is 0 Å². The number of aromatic nitrogens is 3. The van der Waals surface area contributed by atoms with Crippen molar-refractivity contribution in [2.24, 2.45) is 0 Å². The fraction of sp³-hybridized carbons (Fsp3) is 0.0833. The van der Waals surface area contributed by atoms with Crippen molar-refractivity contribution in [1.82, 2.24) is 15.1 Å². The van der Waals surface area contributed by atoms with Crippen LogP contribution >= 0.6 is 11.3 Å². The van der Waals surface area contributed by atoms with Crippen LogP contribution in [0.25, 0.3) is 11.6 Å². The zero-order valence-corrected chi connectivity index (χ0v) is 10.6. The average Bonchev–Trinajstić information content (AvgIpc) is 3.06. The molecule has 0 aliphatic heterocycles. The van der Waals surface area contributed by atoms with E-state index in [4.69, 9.17) is 15.0 Å². The molecule has 0 fully saturated rings. The Morgan fingerprint density at radius 1 is 1.21 bits per heavy atom. The number of thiazole rings is 1. The van der Waals surface area contributed by atoms with Crippen molar-refractivity contribution in [1.29, 1.82) is 0 Å². The molecule has 2 N–H and O–H groups in total. The average molecular weight is 274 g/mol. The second kappa shape index (κ2) is 5.07. The molecule has 0 radical (unpaired) electrons. The first-order valence-corrected chi connectivity index (χ1v) is 6.41. The van der Waals surface area contributed by atoms with E-state index in [9.17, 15) is 0 Å². The first-order valence-electron chi connectivity index (χ1n) is 5.53. The van der Waals surface area contributed by atoms with Crippen LogP contribution < -0.4 is 10.5 Å². The molecule has 0 unspecified atom stereocenters. The van der Waals surface area contributed by atoms with E-state index < -0.39 is 0 Å². The third-order valence-corrected chi connectivity index (χ3v) is 2.99. The van der Waals surface area contributed by atoms with E-state index in [0.29, 0.717) is 22.5 Å². The van der Waals surface area contributed by atoms with Gasteiger partial charge in [-0.05, 0) is 12.1 Å². The molecule has 2 aromatic heterocycles. The second-order valence-corrected chi connectivity index (χ2v) is 4.58. The quantitative estimate of drug-likeness (QED) is 0.785. The van der Waals surface area contributed by atoms with E-state index >= 15 is 0 Å². The molecule has 0 spiro atoms. The predicted molar refractivity (Wildman–Crippen MR) is 70.6 cm³/mol. The topological polar surface area (TPSA) is 87.1 Å². The van der Waals surface area contributed by atoms with Gasteiger partial charge in [0.1, 0.15) is 11.4 Å². The number of anilines is 1. The summed E-state index contributed by atoms with van der Waals surface area (Å²) in [4.78, 5) is 8.27. The van der Waals surface area contributed by atoms with E-state index in [-0.39, 0.29) is 6.61 Å². The Morgan fingerprint density at radius 2 is 2.05 bits per heavy atom. The Labute approximate surface area is 112 Å². The predicted octanol–water partition coefficient (Wildman–Crippen LogP) is 2.35. The van der Waals surface area contributed by atoms with Gasteiger partial charge in [-0.2, -0.15) is 4.98 Å². The van der Waals surface area contributed by atoms with Crippen LogP contribution in [0.2, 0.25) is 0 Å². The molecule has 1 aromatic carbocycles. The zero-order valence-electron chi connectivity index (χ0n) is 9.81. The van der Waals surface area contributed by atoms with Crippen molar-refractivity contribution >= 4 is 16.5 Å². The summed E-state index contributed by atoms with van der Waals surface area (Å²) in [6.07, 6.45) is 0. The van der Waals surface area contributed by atoms with Crippen molar-refractivity contribution in [3.63, 3.8) is 0 Å². The van der Waals surface area contributed by atoms with Gasteiger partial charge in [0.2, 0.25) is 5.82 Å². The fourth-order valence-corrected chi connectivity index (χ4v) is 2.00. The van der Waals surface area contributed by atoms with Gasteiger partial charge in [-0.3, -0.25) is 0 Å². The number of benzene rings is 1. The molecule has 0 bridgehead atoms. The molecule has 2 heterocycles. The maximum Gasteiger partial charge on any atom is 0.277 e. The van der Waals surface area contributed by atoms with Gasteiger partial charge in [-0.1, -0.05) is 23.4 Å². The summed E-state index contributed by atoms with van der Waals surface area (Å²) in [6.45, 7) is 0.243. The standard InChI is InChI=1S/C12H10N4O2S/c13-12-14-9(7-19-12)11-15-10(16-18-11)6-17-8-4-2-1-3-5-8/h1-5,7H,6H2,(H2,13,14). The lowest BCUT2D eigenvalue weighted by atomic mass is 10.3. The summed E-state index contributed by atoms with van der Waals surface area (Å²) in [5, 5.41) is 6.07. The fourth-order valence-electron chi connectivity index (χ4n) is 1.47. The largest absolute Gasteiger partial charge is 0.485 e. The molecule has 6 nitrogen and oxygen atoms in total. The minimum atomic E-state index is 0.243. The number of hydrogen-bond donors (Lipinski definition) is 1. The Kier molecular flexibility index (Phi) is 3.11. The zero-order chi connectivity index (χ0) is 13.1. The molecule has 0 atom stereocenters. The molecule has 0 amide bonds. The summed E-state index contributed by atoms with van der Waals surface area (Å²) in [7, 11) is 0. The number of nitrogen functional groups attached to an aromatic ring is 1. The summed E-state index contributed by atoms with van der Waals surface area (Å²) in [6, 6.07) is 9.44. The molecule has 0 aliphatic carbocycles. The maximum absolute atomic E-state index is 5.55. The third kappa shape index (κ3) is 2.71. The van der Waals surface area contributed by atoms with Crippen LogP contribution in [0.4, 0.5) is 5.13 Å². The van der Waals surface area contributed by atoms with Gasteiger partial charge < -0.3 is 15.0 Å². The Balaban J connectivity index is 1.68. The van der Waals surface area contributed by atoms with E-state index in [2.05, 4.69) is 15.1 Å². The maximum atomic E-state index is 5.55. The van der Waals surface area contributed by atoms with Crippen LogP contribution in [-0.2, 0) is 6.61 Å². The lowest BCUT2D eigenvalue weighted by Gasteiger charge is -2.01. The highest BCUT2D eigenvalue weighted by Gasteiger charge is 2.12. The molecule has 7 heteroatoms. The summed E-state index contributed by atoms with van der Waals surface area (Å²) >= 11 is 1.33. The van der Waals surface area contributed by atoms with Gasteiger partial charge in [0, 0.05) is 5.38 Å². The molecule has 0 saturated carbocycles. The highest BCUT2D eigenvalue weighted by Crippen LogP contribution is 2.21. The number of rotatable bonds is 4. The first-order chi connectivity index (χ1) is 9.31. The molecule has 0 aliphatic rings. The smallest absolute Gasteiger partial charge is 0.277 e. The van der Waals surface area contributed by atoms with Crippen LogP contribution in [0.15, 0.2) is 40.2 Å². The number of para-hydroxylation sites is 1. The van der Waals surface area contributed by atoms with Crippen LogP contribution in [0.5, 0.6) is 5.75 Å². The molecule has 96 valence electrons. The SMILES string of the molecule is Nc1nc(-c2nc(COc3ccccc3)no2)cs1. The van der Waals surface area contributed by atoms with Crippen LogP contribution in [0, 0.1) is 0 Å². The number of nitrogens with zero attached hydrogens (tertiary/aromatic N) is 3. The second-order valence-electron chi connectivity index (χ2n) is 3.69. The summed E-state index contributed by atoms with van der Waals surface area (Å²) < 4.78 is 10.6. The molecular formula is C12H10N4O2S. The van der Waals surface area contributed by atoms with E-state index in [1.165, 1.54) is 11.3 Å².